The highest BCUT2D eigenvalue weighted by atomic mass is 19.4. The number of nitriles is 1. The first-order valence-electron chi connectivity index (χ1n) is 4.37. The predicted octanol–water partition coefficient (Wildman–Crippen LogP) is 3.59. The highest BCUT2D eigenvalue weighted by Crippen LogP contribution is 2.30. The number of hydrogen-bond acceptors (Lipinski definition) is 2. The average molecular weight is 251 g/mol. The monoisotopic (exact) mass is 251 g/mol. The second-order valence-corrected chi connectivity index (χ2v) is 3.04. The Balaban J connectivity index is 3.06. The van der Waals surface area contributed by atoms with Crippen LogP contribution in [0.15, 0.2) is 18.2 Å². The molecule has 1 aromatic rings. The maximum absolute atomic E-state index is 12.5. The lowest BCUT2D eigenvalue weighted by Gasteiger charge is -2.12. The lowest BCUT2D eigenvalue weighted by Crippen LogP contribution is -2.17. The number of halogens is 5. The smallest absolute Gasteiger partial charge is 0.406 e. The van der Waals surface area contributed by atoms with Gasteiger partial charge in [0, 0.05) is 5.56 Å². The van der Waals surface area contributed by atoms with Gasteiger partial charge in [-0.3, -0.25) is 0 Å². The summed E-state index contributed by atoms with van der Waals surface area (Å²) < 4.78 is 64.1. The van der Waals surface area contributed by atoms with E-state index in [-0.39, 0.29) is 12.0 Å². The molecule has 1 aromatic carbocycles. The quantitative estimate of drug-likeness (QED) is 0.769. The Hall–Kier alpha value is -1.84. The second-order valence-electron chi connectivity index (χ2n) is 3.04. The van der Waals surface area contributed by atoms with E-state index in [2.05, 4.69) is 4.74 Å². The van der Waals surface area contributed by atoms with E-state index in [0.717, 1.165) is 12.1 Å². The lowest BCUT2D eigenvalue weighted by molar-refractivity contribution is -0.274. The molecule has 2 nitrogen and oxygen atoms in total. The minimum atomic E-state index is -4.93. The molecule has 0 spiro atoms. The normalized spacial score (nSPS) is 11.4. The van der Waals surface area contributed by atoms with E-state index in [4.69, 9.17) is 5.26 Å². The molecule has 0 saturated carbocycles. The van der Waals surface area contributed by atoms with Crippen molar-refractivity contribution in [2.45, 2.75) is 19.2 Å². The van der Waals surface area contributed by atoms with E-state index in [0.29, 0.717) is 6.07 Å². The van der Waals surface area contributed by atoms with Crippen molar-refractivity contribution in [2.75, 3.05) is 0 Å². The Bertz CT molecular complexity index is 435. The van der Waals surface area contributed by atoms with Crippen LogP contribution in [0.1, 0.15) is 17.6 Å². The van der Waals surface area contributed by atoms with Crippen molar-refractivity contribution in [1.82, 2.24) is 0 Å². The van der Waals surface area contributed by atoms with Gasteiger partial charge in [0.15, 0.2) is 0 Å². The van der Waals surface area contributed by atoms with Crippen LogP contribution in [-0.2, 0) is 6.42 Å². The Morgan fingerprint density at radius 1 is 1.29 bits per heavy atom. The zero-order valence-corrected chi connectivity index (χ0v) is 8.26. The fourth-order valence-electron chi connectivity index (χ4n) is 1.22. The molecule has 0 saturated heterocycles. The summed E-state index contributed by atoms with van der Waals surface area (Å²) in [5.41, 5.74) is -0.648. The highest BCUT2D eigenvalue weighted by molar-refractivity contribution is 5.37. The van der Waals surface area contributed by atoms with Gasteiger partial charge in [0.25, 0.3) is 6.43 Å². The number of alkyl halides is 5. The van der Waals surface area contributed by atoms with Gasteiger partial charge in [-0.05, 0) is 17.7 Å². The minimum Gasteiger partial charge on any atom is -0.406 e. The van der Waals surface area contributed by atoms with Gasteiger partial charge >= 0.3 is 6.36 Å². The first kappa shape index (κ1) is 13.2. The van der Waals surface area contributed by atoms with Gasteiger partial charge in [0.1, 0.15) is 5.75 Å². The van der Waals surface area contributed by atoms with Crippen LogP contribution in [0.4, 0.5) is 22.0 Å². The highest BCUT2D eigenvalue weighted by Gasteiger charge is 2.31. The number of rotatable bonds is 3. The van der Waals surface area contributed by atoms with Crippen LogP contribution in [0.25, 0.3) is 0 Å². The summed E-state index contributed by atoms with van der Waals surface area (Å²) in [6.45, 7) is 0. The molecule has 0 aliphatic heterocycles. The Morgan fingerprint density at radius 2 is 1.94 bits per heavy atom. The van der Waals surface area contributed by atoms with Crippen LogP contribution in [-0.4, -0.2) is 6.36 Å². The first-order chi connectivity index (χ1) is 7.83. The molecule has 17 heavy (non-hydrogen) atoms. The maximum atomic E-state index is 12.5. The number of hydrogen-bond donors (Lipinski definition) is 0. The summed E-state index contributed by atoms with van der Waals surface area (Å²) in [6, 6.07) is 4.15. The van der Waals surface area contributed by atoms with Gasteiger partial charge in [-0.1, -0.05) is 6.07 Å². The molecule has 92 valence electrons. The zero-order valence-electron chi connectivity index (χ0n) is 8.26. The lowest BCUT2D eigenvalue weighted by atomic mass is 10.1. The molecule has 0 N–H and O–H groups in total. The van der Waals surface area contributed by atoms with Crippen molar-refractivity contribution in [3.8, 4) is 11.8 Å². The third-order valence-electron chi connectivity index (χ3n) is 1.86. The molecule has 0 fully saturated rings. The minimum absolute atomic E-state index is 0.0166. The Morgan fingerprint density at radius 3 is 2.41 bits per heavy atom. The standard InChI is InChI=1S/C10H6F5NO/c11-9(12)8-5-7(17-10(13,14)15)2-1-6(8)3-4-16/h1-2,5,9H,3H2. The number of ether oxygens (including phenoxy) is 1. The van der Waals surface area contributed by atoms with Crippen molar-refractivity contribution >= 4 is 0 Å². The van der Waals surface area contributed by atoms with E-state index in [1.807, 2.05) is 0 Å². The summed E-state index contributed by atoms with van der Waals surface area (Å²) >= 11 is 0. The molecule has 0 aliphatic carbocycles. The van der Waals surface area contributed by atoms with Crippen molar-refractivity contribution in [1.29, 1.82) is 5.26 Å². The van der Waals surface area contributed by atoms with Gasteiger partial charge in [0.05, 0.1) is 12.5 Å². The summed E-state index contributed by atoms with van der Waals surface area (Å²) in [6.07, 6.45) is -8.20. The van der Waals surface area contributed by atoms with Crippen molar-refractivity contribution in [3.05, 3.63) is 29.3 Å². The molecule has 0 aromatic heterocycles. The molecule has 0 bridgehead atoms. The SMILES string of the molecule is N#CCc1ccc(OC(F)(F)F)cc1C(F)F. The zero-order chi connectivity index (χ0) is 13.1. The van der Waals surface area contributed by atoms with Gasteiger partial charge in [-0.2, -0.15) is 5.26 Å². The maximum Gasteiger partial charge on any atom is 0.573 e. The summed E-state index contributed by atoms with van der Waals surface area (Å²) in [5.74, 6) is -0.727. The predicted molar refractivity (Wildman–Crippen MR) is 47.4 cm³/mol. The van der Waals surface area contributed by atoms with E-state index in [1.54, 1.807) is 6.07 Å². The van der Waals surface area contributed by atoms with E-state index in [1.165, 1.54) is 0 Å². The molecular formula is C10H6F5NO. The molecule has 1 rings (SSSR count). The molecular weight excluding hydrogens is 245 g/mol. The van der Waals surface area contributed by atoms with Crippen molar-refractivity contribution < 1.29 is 26.7 Å². The Labute approximate surface area is 93.2 Å². The summed E-state index contributed by atoms with van der Waals surface area (Å²) in [5, 5.41) is 8.38. The Kier molecular flexibility index (Phi) is 3.89. The van der Waals surface area contributed by atoms with Gasteiger partial charge in [-0.15, -0.1) is 13.2 Å². The largest absolute Gasteiger partial charge is 0.573 e. The second kappa shape index (κ2) is 4.99. The fourth-order valence-corrected chi connectivity index (χ4v) is 1.22. The topological polar surface area (TPSA) is 33.0 Å². The molecule has 0 atom stereocenters. The fraction of sp³-hybridized carbons (Fsp3) is 0.300. The molecule has 0 unspecified atom stereocenters. The van der Waals surface area contributed by atoms with E-state index < -0.39 is 24.1 Å². The van der Waals surface area contributed by atoms with Crippen LogP contribution in [0.5, 0.6) is 5.75 Å². The molecule has 7 heteroatoms. The van der Waals surface area contributed by atoms with Crippen molar-refractivity contribution in [2.24, 2.45) is 0 Å². The van der Waals surface area contributed by atoms with E-state index >= 15 is 0 Å². The molecule has 0 heterocycles. The first-order valence-corrected chi connectivity index (χ1v) is 4.37. The number of benzene rings is 1. The van der Waals surface area contributed by atoms with Crippen molar-refractivity contribution in [3.63, 3.8) is 0 Å². The van der Waals surface area contributed by atoms with Gasteiger partial charge < -0.3 is 4.74 Å². The van der Waals surface area contributed by atoms with Gasteiger partial charge in [-0.25, -0.2) is 8.78 Å². The van der Waals surface area contributed by atoms with Crippen LogP contribution in [0.2, 0.25) is 0 Å². The average Bonchev–Trinajstić information content (AvgIpc) is 2.18. The van der Waals surface area contributed by atoms with Crippen LogP contribution in [0.3, 0.4) is 0 Å². The summed E-state index contributed by atoms with van der Waals surface area (Å²) in [7, 11) is 0. The molecule has 0 amide bonds. The summed E-state index contributed by atoms with van der Waals surface area (Å²) in [4.78, 5) is 0. The van der Waals surface area contributed by atoms with Crippen LogP contribution >= 0.6 is 0 Å². The van der Waals surface area contributed by atoms with Gasteiger partial charge in [0.2, 0.25) is 0 Å². The van der Waals surface area contributed by atoms with Crippen LogP contribution < -0.4 is 4.74 Å². The van der Waals surface area contributed by atoms with E-state index in [9.17, 15) is 22.0 Å². The molecule has 0 radical (unpaired) electrons. The number of nitrogens with zero attached hydrogens (tertiary/aromatic N) is 1. The third kappa shape index (κ3) is 3.90. The third-order valence-corrected chi connectivity index (χ3v) is 1.86. The molecule has 0 aliphatic rings. The van der Waals surface area contributed by atoms with Crippen LogP contribution in [0, 0.1) is 11.3 Å².